The van der Waals surface area contributed by atoms with Gasteiger partial charge >= 0.3 is 0 Å². The Labute approximate surface area is 86.9 Å². The van der Waals surface area contributed by atoms with Gasteiger partial charge < -0.3 is 0 Å². The Bertz CT molecular complexity index is 292. The van der Waals surface area contributed by atoms with E-state index in [1.165, 1.54) is 11.1 Å². The number of hydrogen-bond acceptors (Lipinski definition) is 1. The molecule has 0 bridgehead atoms. The summed E-state index contributed by atoms with van der Waals surface area (Å²) in [5, 5.41) is 0. The molecule has 1 heteroatoms. The molecule has 0 radical (unpaired) electrons. The Morgan fingerprint density at radius 2 is 2.07 bits per heavy atom. The molecule has 0 saturated heterocycles. The molecule has 0 aromatic heterocycles. The summed E-state index contributed by atoms with van der Waals surface area (Å²) in [5.74, 6) is 0.376. The second kappa shape index (κ2) is 4.12. The molecule has 1 aliphatic rings. The molecule has 1 aliphatic carbocycles. The van der Waals surface area contributed by atoms with Crippen molar-refractivity contribution in [1.29, 1.82) is 0 Å². The third-order valence-corrected chi connectivity index (χ3v) is 2.81. The van der Waals surface area contributed by atoms with Crippen LogP contribution in [-0.4, -0.2) is 5.78 Å². The summed E-state index contributed by atoms with van der Waals surface area (Å²) < 4.78 is 0. The van der Waals surface area contributed by atoms with E-state index in [-0.39, 0.29) is 5.41 Å². The molecule has 0 amide bonds. The molecule has 0 N–H and O–H groups in total. The molecule has 1 rings (SSSR count). The number of Topliss-reactive ketones (excluding diaryl/α,β-unsaturated/α-hetero) is 1. The third kappa shape index (κ3) is 2.34. The number of hydrogen-bond donors (Lipinski definition) is 0. The minimum atomic E-state index is 0.0328. The lowest BCUT2D eigenvalue weighted by Crippen LogP contribution is -2.25. The number of ketones is 1. The zero-order valence-electron chi connectivity index (χ0n) is 9.68. The fourth-order valence-corrected chi connectivity index (χ4v) is 2.22. The van der Waals surface area contributed by atoms with E-state index in [9.17, 15) is 4.79 Å². The molecule has 14 heavy (non-hydrogen) atoms. The molecule has 0 fully saturated rings. The lowest BCUT2D eigenvalue weighted by Gasteiger charge is -2.32. The van der Waals surface area contributed by atoms with Gasteiger partial charge in [0.15, 0.2) is 0 Å². The van der Waals surface area contributed by atoms with Crippen molar-refractivity contribution in [3.8, 4) is 0 Å². The third-order valence-electron chi connectivity index (χ3n) is 2.81. The van der Waals surface area contributed by atoms with E-state index in [4.69, 9.17) is 0 Å². The van der Waals surface area contributed by atoms with Crippen LogP contribution in [-0.2, 0) is 4.79 Å². The molecule has 0 unspecified atom stereocenters. The summed E-state index contributed by atoms with van der Waals surface area (Å²) >= 11 is 0. The summed E-state index contributed by atoms with van der Waals surface area (Å²) in [6, 6.07) is 0. The van der Waals surface area contributed by atoms with Crippen molar-refractivity contribution in [3.05, 3.63) is 23.3 Å². The molecule has 0 atom stereocenters. The summed E-state index contributed by atoms with van der Waals surface area (Å²) in [7, 11) is 0. The van der Waals surface area contributed by atoms with Crippen molar-refractivity contribution >= 4 is 5.78 Å². The summed E-state index contributed by atoms with van der Waals surface area (Å²) in [5.41, 5.74) is 2.64. The first-order chi connectivity index (χ1) is 6.47. The van der Waals surface area contributed by atoms with Gasteiger partial charge in [-0.05, 0) is 24.3 Å². The van der Waals surface area contributed by atoms with E-state index < -0.39 is 0 Å². The maximum atomic E-state index is 11.5. The first-order valence-corrected chi connectivity index (χ1v) is 5.36. The SMILES string of the molecule is CC/C=C/C1=C(C)CC(=O)CC1(C)C. The van der Waals surface area contributed by atoms with Crippen molar-refractivity contribution in [2.75, 3.05) is 0 Å². The Balaban J connectivity index is 3.02. The molecule has 0 saturated carbocycles. The van der Waals surface area contributed by atoms with Crippen LogP contribution in [0.25, 0.3) is 0 Å². The van der Waals surface area contributed by atoms with Gasteiger partial charge in [-0.2, -0.15) is 0 Å². The Hall–Kier alpha value is -0.850. The fourth-order valence-electron chi connectivity index (χ4n) is 2.22. The predicted molar refractivity (Wildman–Crippen MR) is 60.2 cm³/mol. The van der Waals surface area contributed by atoms with Gasteiger partial charge in [0.25, 0.3) is 0 Å². The summed E-state index contributed by atoms with van der Waals surface area (Å²) in [6.45, 7) is 8.52. The molecule has 0 heterocycles. The van der Waals surface area contributed by atoms with Gasteiger partial charge in [0.2, 0.25) is 0 Å². The molecular formula is C13H20O. The van der Waals surface area contributed by atoms with Gasteiger partial charge in [-0.1, -0.05) is 38.5 Å². The molecule has 0 spiro atoms. The second-order valence-electron chi connectivity index (χ2n) is 4.78. The van der Waals surface area contributed by atoms with Crippen LogP contribution in [0.15, 0.2) is 23.3 Å². The molecule has 0 aromatic carbocycles. The zero-order valence-corrected chi connectivity index (χ0v) is 9.68. The zero-order chi connectivity index (χ0) is 10.8. The van der Waals surface area contributed by atoms with Crippen LogP contribution in [0.3, 0.4) is 0 Å². The van der Waals surface area contributed by atoms with E-state index in [2.05, 4.69) is 39.8 Å². The highest BCUT2D eigenvalue weighted by Crippen LogP contribution is 2.39. The van der Waals surface area contributed by atoms with Crippen LogP contribution in [0, 0.1) is 5.41 Å². The van der Waals surface area contributed by atoms with Crippen molar-refractivity contribution in [2.24, 2.45) is 5.41 Å². The van der Waals surface area contributed by atoms with Gasteiger partial charge in [-0.3, -0.25) is 4.79 Å². The molecule has 0 aromatic rings. The normalized spacial score (nSPS) is 22.1. The van der Waals surface area contributed by atoms with E-state index in [0.29, 0.717) is 18.6 Å². The summed E-state index contributed by atoms with van der Waals surface area (Å²) in [6.07, 6.45) is 6.76. The van der Waals surface area contributed by atoms with E-state index in [0.717, 1.165) is 6.42 Å². The van der Waals surface area contributed by atoms with Crippen molar-refractivity contribution < 1.29 is 4.79 Å². The second-order valence-corrected chi connectivity index (χ2v) is 4.78. The maximum absolute atomic E-state index is 11.5. The van der Waals surface area contributed by atoms with E-state index in [1.807, 2.05) is 0 Å². The first-order valence-electron chi connectivity index (χ1n) is 5.36. The number of rotatable bonds is 2. The highest BCUT2D eigenvalue weighted by Gasteiger charge is 2.30. The van der Waals surface area contributed by atoms with Gasteiger partial charge in [-0.25, -0.2) is 0 Å². The van der Waals surface area contributed by atoms with Crippen molar-refractivity contribution in [2.45, 2.75) is 47.0 Å². The van der Waals surface area contributed by atoms with Gasteiger partial charge in [0.1, 0.15) is 5.78 Å². The van der Waals surface area contributed by atoms with Gasteiger partial charge in [0, 0.05) is 12.8 Å². The Morgan fingerprint density at radius 3 is 2.57 bits per heavy atom. The summed E-state index contributed by atoms with van der Waals surface area (Å²) in [4.78, 5) is 11.5. The molecule has 0 aliphatic heterocycles. The monoisotopic (exact) mass is 192 g/mol. The van der Waals surface area contributed by atoms with E-state index in [1.54, 1.807) is 0 Å². The Kier molecular flexibility index (Phi) is 3.30. The van der Waals surface area contributed by atoms with Gasteiger partial charge in [0.05, 0.1) is 0 Å². The minimum Gasteiger partial charge on any atom is -0.299 e. The topological polar surface area (TPSA) is 17.1 Å². The lowest BCUT2D eigenvalue weighted by molar-refractivity contribution is -0.120. The largest absolute Gasteiger partial charge is 0.299 e. The molecule has 78 valence electrons. The van der Waals surface area contributed by atoms with Crippen LogP contribution >= 0.6 is 0 Å². The first kappa shape index (κ1) is 11.2. The fraction of sp³-hybridized carbons (Fsp3) is 0.615. The molecule has 1 nitrogen and oxygen atoms in total. The smallest absolute Gasteiger partial charge is 0.137 e. The average Bonchev–Trinajstić information content (AvgIpc) is 2.00. The average molecular weight is 192 g/mol. The standard InChI is InChI=1S/C13H20O/c1-5-6-7-12-10(2)8-11(14)9-13(12,3)4/h6-7H,5,8-9H2,1-4H3/b7-6+. The highest BCUT2D eigenvalue weighted by molar-refractivity contribution is 5.84. The number of carbonyl (C=O) groups excluding carboxylic acids is 1. The van der Waals surface area contributed by atoms with Gasteiger partial charge in [-0.15, -0.1) is 0 Å². The van der Waals surface area contributed by atoms with Crippen molar-refractivity contribution in [3.63, 3.8) is 0 Å². The molecular weight excluding hydrogens is 172 g/mol. The van der Waals surface area contributed by atoms with Crippen LogP contribution in [0.2, 0.25) is 0 Å². The lowest BCUT2D eigenvalue weighted by atomic mass is 9.72. The van der Waals surface area contributed by atoms with Crippen LogP contribution < -0.4 is 0 Å². The highest BCUT2D eigenvalue weighted by atomic mass is 16.1. The number of allylic oxidation sites excluding steroid dienone is 4. The van der Waals surface area contributed by atoms with Crippen LogP contribution in [0.5, 0.6) is 0 Å². The van der Waals surface area contributed by atoms with Crippen LogP contribution in [0.1, 0.15) is 47.0 Å². The minimum absolute atomic E-state index is 0.0328. The van der Waals surface area contributed by atoms with E-state index >= 15 is 0 Å². The van der Waals surface area contributed by atoms with Crippen molar-refractivity contribution in [1.82, 2.24) is 0 Å². The number of carbonyl (C=O) groups is 1. The quantitative estimate of drug-likeness (QED) is 0.652. The predicted octanol–water partition coefficient (Wildman–Crippen LogP) is 3.66. The van der Waals surface area contributed by atoms with Crippen LogP contribution in [0.4, 0.5) is 0 Å². The Morgan fingerprint density at radius 1 is 1.43 bits per heavy atom. The maximum Gasteiger partial charge on any atom is 0.137 e.